The van der Waals surface area contributed by atoms with E-state index in [0.29, 0.717) is 13.1 Å². The van der Waals surface area contributed by atoms with Gasteiger partial charge in [-0.25, -0.2) is 0 Å². The molecule has 0 saturated heterocycles. The van der Waals surface area contributed by atoms with E-state index in [2.05, 4.69) is 21.2 Å². The van der Waals surface area contributed by atoms with Crippen LogP contribution in [0, 0.1) is 6.92 Å². The number of hydrogen-bond acceptors (Lipinski definition) is 3. The van der Waals surface area contributed by atoms with E-state index in [1.54, 1.807) is 0 Å². The standard InChI is InChI=1S/C14H21BrN2O2/c1-3-6-17-13(18)9-19-14-10(2)7-12(15)8-11(14)4-5-16/h7-8H,3-6,9,16H2,1-2H3,(H,17,18). The van der Waals surface area contributed by atoms with Crippen LogP contribution in [0.2, 0.25) is 0 Å². The molecule has 0 spiro atoms. The molecule has 5 heteroatoms. The average Bonchev–Trinajstić information content (AvgIpc) is 2.35. The molecule has 1 aromatic rings. The molecule has 4 nitrogen and oxygen atoms in total. The smallest absolute Gasteiger partial charge is 0.257 e. The first-order valence-electron chi connectivity index (χ1n) is 6.47. The van der Waals surface area contributed by atoms with Crippen LogP contribution in [0.1, 0.15) is 24.5 Å². The zero-order chi connectivity index (χ0) is 14.3. The molecule has 0 fully saturated rings. The molecule has 1 amide bonds. The van der Waals surface area contributed by atoms with Crippen LogP contribution in [0.15, 0.2) is 16.6 Å². The number of amides is 1. The van der Waals surface area contributed by atoms with E-state index in [1.807, 2.05) is 26.0 Å². The van der Waals surface area contributed by atoms with E-state index >= 15 is 0 Å². The first-order valence-corrected chi connectivity index (χ1v) is 7.26. The molecule has 3 N–H and O–H groups in total. The van der Waals surface area contributed by atoms with Gasteiger partial charge in [-0.15, -0.1) is 0 Å². The van der Waals surface area contributed by atoms with Crippen LogP contribution in [0.5, 0.6) is 5.75 Å². The average molecular weight is 329 g/mol. The fourth-order valence-electron chi connectivity index (χ4n) is 1.80. The number of nitrogens with one attached hydrogen (secondary N) is 1. The maximum absolute atomic E-state index is 11.6. The Bertz CT molecular complexity index is 436. The van der Waals surface area contributed by atoms with Gasteiger partial charge in [0.25, 0.3) is 5.91 Å². The molecule has 0 aliphatic carbocycles. The fourth-order valence-corrected chi connectivity index (χ4v) is 2.42. The second-order valence-corrected chi connectivity index (χ2v) is 5.30. The van der Waals surface area contributed by atoms with Crippen molar-refractivity contribution in [2.24, 2.45) is 5.73 Å². The molecule has 1 rings (SSSR count). The molecule has 0 heterocycles. The summed E-state index contributed by atoms with van der Waals surface area (Å²) in [6.45, 7) is 5.24. The van der Waals surface area contributed by atoms with Gasteiger partial charge in [0.05, 0.1) is 0 Å². The molecule has 1 aromatic carbocycles. The molecule has 106 valence electrons. The van der Waals surface area contributed by atoms with Crippen LogP contribution in [-0.4, -0.2) is 25.6 Å². The summed E-state index contributed by atoms with van der Waals surface area (Å²) in [4.78, 5) is 11.6. The summed E-state index contributed by atoms with van der Waals surface area (Å²) >= 11 is 3.46. The third-order valence-electron chi connectivity index (χ3n) is 2.65. The van der Waals surface area contributed by atoms with Gasteiger partial charge < -0.3 is 15.8 Å². The summed E-state index contributed by atoms with van der Waals surface area (Å²) in [6.07, 6.45) is 1.65. The Labute approximate surface area is 122 Å². The number of rotatable bonds is 7. The fraction of sp³-hybridized carbons (Fsp3) is 0.500. The van der Waals surface area contributed by atoms with Crippen molar-refractivity contribution in [2.75, 3.05) is 19.7 Å². The summed E-state index contributed by atoms with van der Waals surface area (Å²) in [7, 11) is 0. The van der Waals surface area contributed by atoms with Gasteiger partial charge in [-0.1, -0.05) is 22.9 Å². The van der Waals surface area contributed by atoms with Gasteiger partial charge in [0.1, 0.15) is 5.75 Å². The van der Waals surface area contributed by atoms with Gasteiger partial charge in [-0.2, -0.15) is 0 Å². The number of aryl methyl sites for hydroxylation is 1. The highest BCUT2D eigenvalue weighted by atomic mass is 79.9. The van der Waals surface area contributed by atoms with Crippen LogP contribution in [0.3, 0.4) is 0 Å². The first kappa shape index (κ1) is 16.0. The van der Waals surface area contributed by atoms with Crippen molar-refractivity contribution in [3.63, 3.8) is 0 Å². The molecule has 19 heavy (non-hydrogen) atoms. The normalized spacial score (nSPS) is 10.3. The molecule has 0 atom stereocenters. The maximum atomic E-state index is 11.6. The Hall–Kier alpha value is -1.07. The molecular weight excluding hydrogens is 308 g/mol. The third kappa shape index (κ3) is 5.20. The van der Waals surface area contributed by atoms with Gasteiger partial charge in [-0.3, -0.25) is 4.79 Å². The van der Waals surface area contributed by atoms with Gasteiger partial charge in [0.2, 0.25) is 0 Å². The van der Waals surface area contributed by atoms with Crippen LogP contribution in [0.4, 0.5) is 0 Å². The molecule has 0 radical (unpaired) electrons. The zero-order valence-corrected chi connectivity index (χ0v) is 13.0. The zero-order valence-electron chi connectivity index (χ0n) is 11.5. The molecule has 0 unspecified atom stereocenters. The highest BCUT2D eigenvalue weighted by Crippen LogP contribution is 2.28. The SMILES string of the molecule is CCCNC(=O)COc1c(C)cc(Br)cc1CCN. The largest absolute Gasteiger partial charge is 0.483 e. The van der Waals surface area contributed by atoms with Crippen LogP contribution in [0.25, 0.3) is 0 Å². The maximum Gasteiger partial charge on any atom is 0.257 e. The van der Waals surface area contributed by atoms with Crippen molar-refractivity contribution in [2.45, 2.75) is 26.7 Å². The first-order chi connectivity index (χ1) is 9.08. The van der Waals surface area contributed by atoms with E-state index in [1.165, 1.54) is 0 Å². The van der Waals surface area contributed by atoms with Crippen molar-refractivity contribution in [3.05, 3.63) is 27.7 Å². The Morgan fingerprint density at radius 2 is 2.21 bits per heavy atom. The summed E-state index contributed by atoms with van der Waals surface area (Å²) in [6, 6.07) is 3.96. The van der Waals surface area contributed by atoms with Crippen molar-refractivity contribution in [1.82, 2.24) is 5.32 Å². The van der Waals surface area contributed by atoms with Crippen LogP contribution in [-0.2, 0) is 11.2 Å². The molecule has 0 aromatic heterocycles. The highest BCUT2D eigenvalue weighted by Gasteiger charge is 2.10. The van der Waals surface area contributed by atoms with E-state index in [4.69, 9.17) is 10.5 Å². The van der Waals surface area contributed by atoms with Gasteiger partial charge in [0, 0.05) is 11.0 Å². The Kier molecular flexibility index (Phi) is 6.87. The van der Waals surface area contributed by atoms with Gasteiger partial charge >= 0.3 is 0 Å². The summed E-state index contributed by atoms with van der Waals surface area (Å²) in [5.41, 5.74) is 7.63. The minimum Gasteiger partial charge on any atom is -0.483 e. The summed E-state index contributed by atoms with van der Waals surface area (Å²) < 4.78 is 6.64. The predicted molar refractivity (Wildman–Crippen MR) is 80.4 cm³/mol. The van der Waals surface area contributed by atoms with Crippen molar-refractivity contribution in [3.8, 4) is 5.75 Å². The highest BCUT2D eigenvalue weighted by molar-refractivity contribution is 9.10. The van der Waals surface area contributed by atoms with Crippen molar-refractivity contribution < 1.29 is 9.53 Å². The quantitative estimate of drug-likeness (QED) is 0.806. The lowest BCUT2D eigenvalue weighted by atomic mass is 10.1. The van der Waals surface area contributed by atoms with E-state index in [-0.39, 0.29) is 12.5 Å². The number of carbonyl (C=O) groups is 1. The monoisotopic (exact) mass is 328 g/mol. The van der Waals surface area contributed by atoms with Gasteiger partial charge in [0.15, 0.2) is 6.61 Å². The summed E-state index contributed by atoms with van der Waals surface area (Å²) in [5, 5.41) is 2.79. The van der Waals surface area contributed by atoms with Crippen molar-refractivity contribution >= 4 is 21.8 Å². The number of carbonyl (C=O) groups excluding carboxylic acids is 1. The number of halogens is 1. The molecule has 0 aliphatic rings. The topological polar surface area (TPSA) is 64.3 Å². The lowest BCUT2D eigenvalue weighted by Crippen LogP contribution is -2.29. The van der Waals surface area contributed by atoms with E-state index in [0.717, 1.165) is 34.2 Å². The molecular formula is C14H21BrN2O2. The Morgan fingerprint density at radius 1 is 1.47 bits per heavy atom. The second kappa shape index (κ2) is 8.17. The third-order valence-corrected chi connectivity index (χ3v) is 3.11. The number of nitrogens with two attached hydrogens (primary N) is 1. The lowest BCUT2D eigenvalue weighted by molar-refractivity contribution is -0.123. The minimum atomic E-state index is -0.0946. The second-order valence-electron chi connectivity index (χ2n) is 4.39. The molecule has 0 saturated carbocycles. The van der Waals surface area contributed by atoms with Gasteiger partial charge in [-0.05, 0) is 49.6 Å². The number of hydrogen-bond donors (Lipinski definition) is 2. The molecule has 0 bridgehead atoms. The van der Waals surface area contributed by atoms with Crippen molar-refractivity contribution in [1.29, 1.82) is 0 Å². The minimum absolute atomic E-state index is 0.0417. The Balaban J connectivity index is 2.73. The Morgan fingerprint density at radius 3 is 2.84 bits per heavy atom. The predicted octanol–water partition coefficient (Wildman–Crippen LogP) is 2.16. The van der Waals surface area contributed by atoms with Crippen LogP contribution >= 0.6 is 15.9 Å². The van der Waals surface area contributed by atoms with Crippen LogP contribution < -0.4 is 15.8 Å². The van der Waals surface area contributed by atoms with E-state index < -0.39 is 0 Å². The lowest BCUT2D eigenvalue weighted by Gasteiger charge is -2.14. The number of benzene rings is 1. The number of ether oxygens (including phenoxy) is 1. The molecule has 0 aliphatic heterocycles. The van der Waals surface area contributed by atoms with E-state index in [9.17, 15) is 4.79 Å². The summed E-state index contributed by atoms with van der Waals surface area (Å²) in [5.74, 6) is 0.670.